The molecule has 0 bridgehead atoms. The maximum Gasteiger partial charge on any atom is 0.497 e. The van der Waals surface area contributed by atoms with Gasteiger partial charge in [-0.3, -0.25) is 9.97 Å². The molecule has 5 aromatic rings. The zero-order valence-corrected chi connectivity index (χ0v) is 75.7. The summed E-state index contributed by atoms with van der Waals surface area (Å²) >= 11 is 17.2. The fourth-order valence-corrected chi connectivity index (χ4v) is 10.5. The van der Waals surface area contributed by atoms with Crippen molar-refractivity contribution in [2.75, 3.05) is 14.2 Å². The molecule has 2 aromatic heterocycles. The Morgan fingerprint density at radius 1 is 0.377 bits per heavy atom. The number of hydrogen-bond acceptors (Lipinski definition) is 10. The summed E-state index contributed by atoms with van der Waals surface area (Å²) in [5.41, 5.74) is 4.61. The van der Waals surface area contributed by atoms with Gasteiger partial charge in [-0.15, -0.1) is 0 Å². The van der Waals surface area contributed by atoms with Crippen molar-refractivity contribution < 1.29 is 101 Å². The molecule has 106 heavy (non-hydrogen) atoms. The van der Waals surface area contributed by atoms with Gasteiger partial charge < -0.3 is 54.9 Å². The predicted molar refractivity (Wildman–Crippen MR) is 436 cm³/mol. The van der Waals surface area contributed by atoms with E-state index in [1.807, 2.05) is 123 Å². The van der Waals surface area contributed by atoms with Crippen LogP contribution in [-0.2, 0) is 88.3 Å². The first-order valence-electron chi connectivity index (χ1n) is 35.8. The average molecular weight is 1890 g/mol. The summed E-state index contributed by atoms with van der Waals surface area (Å²) < 4.78 is 87.4. The molecule has 0 unspecified atom stereocenters. The second-order valence-corrected chi connectivity index (χ2v) is 33.2. The molecule has 24 heteroatoms. The molecular formula is C82H125B4Cl3F3Ir2N2O10+. The number of rotatable bonds is 4. The number of pyridine rings is 2. The van der Waals surface area contributed by atoms with Crippen molar-refractivity contribution in [3.05, 3.63) is 195 Å². The number of nitrogens with zero attached hydrogens (tertiary/aromatic N) is 2. The number of aromatic nitrogens is 2. The number of allylic oxidation sites excluding steroid dienone is 8. The molecule has 0 saturated carbocycles. The van der Waals surface area contributed by atoms with Gasteiger partial charge in [0, 0.05) is 58.1 Å². The fourth-order valence-electron chi connectivity index (χ4n) is 10.1. The van der Waals surface area contributed by atoms with Crippen LogP contribution in [0.25, 0.3) is 11.4 Å². The Morgan fingerprint density at radius 3 is 0.962 bits per heavy atom. The van der Waals surface area contributed by atoms with Gasteiger partial charge in [-0.1, -0.05) is 155 Å². The molecule has 594 valence electrons. The summed E-state index contributed by atoms with van der Waals surface area (Å²) in [6.45, 7) is 50.4. The molecule has 0 spiro atoms. The zero-order chi connectivity index (χ0) is 78.5. The standard InChI is InChI=1S/C18H24N2.2C13H17BClFO2.C12H24B2O4.2C8H12.C7H6ClF.2CH4O.CH3.2Ir/c1-17(2,3)13-7-9-19-15(11-13)16-12-14(8-10-20-16)18(4,5)6;1-8-6-9(7-10(16)11(8)15)14-17-12(2,3)13(4,5)18-14;1-8-6-7-9(11(16)10(8)15)14-17-12(2,3)13(4,5)18-14;1-9(2)10(3,4)16-13(15-9)14-17-11(5,6)12(7,8)18-14;2*1-2-4-6-8-7-5-3-1;1-5-3-2-4-6(9)7(5)8;2*1-2;;;/h7-12H,1-6H3;2*6-7H,1-5H3;1-8H3;2*1-2,7-8H,3-6H2;2-4H,1H3;2*2H,1H3;1H3;;/q;;;;;;;;;-1;;/p+2/b;;;;2*2-1-,8-7?;;;;;;. The Balaban J connectivity index is 0.00000123. The first-order chi connectivity index (χ1) is 47.6. The van der Waals surface area contributed by atoms with Crippen LogP contribution in [0.1, 0.15) is 232 Å². The molecule has 4 aliphatic heterocycles. The largest absolute Gasteiger partial charge is 0.497 e. The molecule has 6 aliphatic rings. The molecule has 6 heterocycles. The molecule has 2 radical (unpaired) electrons. The maximum atomic E-state index is 14.1. The van der Waals surface area contributed by atoms with Crippen LogP contribution in [0.15, 0.2) is 128 Å². The van der Waals surface area contributed by atoms with E-state index in [0.29, 0.717) is 22.1 Å². The van der Waals surface area contributed by atoms with Crippen LogP contribution < -0.4 is 10.9 Å². The quantitative estimate of drug-likeness (QED) is 0.0738. The van der Waals surface area contributed by atoms with Gasteiger partial charge in [0.15, 0.2) is 0 Å². The van der Waals surface area contributed by atoms with Crippen LogP contribution in [0.4, 0.5) is 13.2 Å². The van der Waals surface area contributed by atoms with Crippen molar-refractivity contribution in [1.82, 2.24) is 9.97 Å². The Bertz CT molecular complexity index is 3350. The number of halogens is 6. The van der Waals surface area contributed by atoms with Crippen molar-refractivity contribution in [3.63, 3.8) is 0 Å². The zero-order valence-electron chi connectivity index (χ0n) is 68.7. The van der Waals surface area contributed by atoms with E-state index in [1.54, 1.807) is 51.1 Å². The van der Waals surface area contributed by atoms with Crippen molar-refractivity contribution in [3.8, 4) is 11.4 Å². The molecule has 0 atom stereocenters. The molecule has 3 aromatic carbocycles. The van der Waals surface area contributed by atoms with E-state index in [-0.39, 0.29) is 102 Å². The third-order valence-corrected chi connectivity index (χ3v) is 21.1. The average Bonchev–Trinajstić information content (AvgIpc) is 1.65. The molecule has 0 amide bonds. The Kier molecular flexibility index (Phi) is 42.9. The second-order valence-electron chi connectivity index (χ2n) is 32.1. The van der Waals surface area contributed by atoms with Crippen molar-refractivity contribution >= 4 is 74.0 Å². The van der Waals surface area contributed by atoms with E-state index in [4.69, 9.17) is 82.3 Å². The van der Waals surface area contributed by atoms with Crippen LogP contribution in [0.2, 0.25) is 15.1 Å². The minimum absolute atomic E-state index is 0. The smallest absolute Gasteiger partial charge is 0.448 e. The summed E-state index contributed by atoms with van der Waals surface area (Å²) in [6, 6.07) is 19.8. The first-order valence-corrected chi connectivity index (χ1v) is 37.0. The molecule has 12 nitrogen and oxygen atoms in total. The third kappa shape index (κ3) is 29.7. The van der Waals surface area contributed by atoms with Gasteiger partial charge in [-0.2, -0.15) is 0 Å². The summed E-state index contributed by atoms with van der Waals surface area (Å²) in [4.78, 5) is 8.97. The summed E-state index contributed by atoms with van der Waals surface area (Å²) in [5.74, 6) is -1.26. The molecule has 4 saturated heterocycles. The van der Waals surface area contributed by atoms with E-state index < -0.39 is 62.3 Å². The van der Waals surface area contributed by atoms with Crippen LogP contribution in [0, 0.1) is 45.6 Å². The van der Waals surface area contributed by atoms with E-state index >= 15 is 0 Å². The number of hydrogen-bond donors (Lipinski definition) is 0. The van der Waals surface area contributed by atoms with Gasteiger partial charge in [0.05, 0.1) is 71.3 Å². The summed E-state index contributed by atoms with van der Waals surface area (Å²) in [5, 5.41) is 12.0. The first kappa shape index (κ1) is 103. The Labute approximate surface area is 680 Å². The van der Waals surface area contributed by atoms with Gasteiger partial charge in [0.2, 0.25) is 0 Å². The second kappa shape index (κ2) is 44.3. The Hall–Kier alpha value is -3.26. The van der Waals surface area contributed by atoms with Gasteiger partial charge in [-0.05, 0) is 263 Å². The van der Waals surface area contributed by atoms with Gasteiger partial charge >= 0.3 is 28.3 Å². The molecule has 4 fully saturated rings. The number of aryl methyl sites for hydroxylation is 3. The van der Waals surface area contributed by atoms with Crippen LogP contribution in [0.3, 0.4) is 0 Å². The maximum absolute atomic E-state index is 14.1. The molecule has 2 aliphatic carbocycles. The Morgan fingerprint density at radius 2 is 0.670 bits per heavy atom. The molecular weight excluding hydrogens is 1760 g/mol. The van der Waals surface area contributed by atoms with Gasteiger partial charge in [0.1, 0.15) is 31.7 Å². The van der Waals surface area contributed by atoms with Crippen molar-refractivity contribution in [1.29, 1.82) is 0 Å². The summed E-state index contributed by atoms with van der Waals surface area (Å²) in [6.07, 6.45) is 31.8. The van der Waals surface area contributed by atoms with Gasteiger partial charge in [0.25, 0.3) is 0 Å². The predicted octanol–water partition coefficient (Wildman–Crippen LogP) is 20.4. The van der Waals surface area contributed by atoms with Crippen LogP contribution in [-0.4, -0.2) is 107 Å². The molecule has 11 rings (SSSR count). The number of benzene rings is 3. The van der Waals surface area contributed by atoms with Crippen LogP contribution >= 0.6 is 34.8 Å². The minimum atomic E-state index is -0.715. The van der Waals surface area contributed by atoms with E-state index in [2.05, 4.69) is 124 Å². The summed E-state index contributed by atoms with van der Waals surface area (Å²) in [7, 11) is 0.278. The molecule has 4 N–H and O–H groups in total. The monoisotopic (exact) mass is 1890 g/mol. The normalized spacial score (nSPS) is 19.6. The third-order valence-electron chi connectivity index (χ3n) is 19.7. The van der Waals surface area contributed by atoms with E-state index in [9.17, 15) is 13.2 Å². The van der Waals surface area contributed by atoms with Gasteiger partial charge in [-0.25, -0.2) is 13.2 Å². The van der Waals surface area contributed by atoms with Crippen molar-refractivity contribution in [2.45, 2.75) is 280 Å². The van der Waals surface area contributed by atoms with Crippen molar-refractivity contribution in [2.24, 2.45) is 0 Å². The van der Waals surface area contributed by atoms with E-state index in [0.717, 1.165) is 17.0 Å². The minimum Gasteiger partial charge on any atom is -0.448 e. The van der Waals surface area contributed by atoms with E-state index in [1.165, 1.54) is 88.8 Å². The van der Waals surface area contributed by atoms with Crippen LogP contribution in [0.5, 0.6) is 0 Å². The fraction of sp³-hybridized carbons (Fsp3) is 0.549. The topological polar surface area (TPSA) is 145 Å². The SMILES string of the molecule is C1=CCC/C=C\CC1.C1=CCC/C=C\CC1.CC(C)(C)c1ccnc(-c2cc(C(C)(C)C)ccn2)c1.CC1(C)OB(B2OC(C)(C)C(C)(C)O2)OC1(C)C.C[OH2+].C[OH2+].Cc1cc(B2OC(C)(C)C(C)(C)O2)cc(F)c1Cl.Cc1ccc(B2OC(C)(C)C(C)(C)O2)c(F)c1Cl.Cc1cccc(F)c1Cl.[CH3-].[Ir].[Ir].